The van der Waals surface area contributed by atoms with Gasteiger partial charge in [0.25, 0.3) is 0 Å². The Labute approximate surface area is 162 Å². The van der Waals surface area contributed by atoms with Crippen molar-refractivity contribution in [1.29, 1.82) is 0 Å². The van der Waals surface area contributed by atoms with E-state index in [0.717, 1.165) is 43.4 Å². The molecule has 5 rings (SSSR count). The van der Waals surface area contributed by atoms with Gasteiger partial charge in [0.2, 0.25) is 5.95 Å². The number of anilines is 2. The highest BCUT2D eigenvalue weighted by Gasteiger charge is 2.54. The quantitative estimate of drug-likeness (QED) is 0.754. The lowest BCUT2D eigenvalue weighted by molar-refractivity contribution is 0.00895. The number of urea groups is 1. The first-order chi connectivity index (χ1) is 13.1. The fraction of sp³-hybridized carbons (Fsp3) is 0.421. The van der Waals surface area contributed by atoms with Gasteiger partial charge in [0.05, 0.1) is 25.4 Å². The SMILES string of the molecule is O=C(N1CC2(C1)CN(c1ncccn1)C2)N1CCOCc2cc(Cl)ccc21. The Kier molecular flexibility index (Phi) is 3.94. The maximum absolute atomic E-state index is 13.1. The van der Waals surface area contributed by atoms with E-state index in [4.69, 9.17) is 16.3 Å². The van der Waals surface area contributed by atoms with E-state index in [1.54, 1.807) is 12.4 Å². The molecule has 0 N–H and O–H groups in total. The van der Waals surface area contributed by atoms with Crippen molar-refractivity contribution in [3.05, 3.63) is 47.2 Å². The average Bonchev–Trinajstić information content (AvgIpc) is 2.82. The van der Waals surface area contributed by atoms with Crippen molar-refractivity contribution in [3.8, 4) is 0 Å². The summed E-state index contributed by atoms with van der Waals surface area (Å²) in [5.74, 6) is 0.767. The molecule has 2 fully saturated rings. The highest BCUT2D eigenvalue weighted by atomic mass is 35.5. The molecule has 3 aliphatic heterocycles. The van der Waals surface area contributed by atoms with Gasteiger partial charge in [0, 0.05) is 54.6 Å². The van der Waals surface area contributed by atoms with Gasteiger partial charge in [-0.1, -0.05) is 11.6 Å². The number of halogens is 1. The fourth-order valence-corrected chi connectivity index (χ4v) is 4.41. The van der Waals surface area contributed by atoms with Crippen molar-refractivity contribution in [2.75, 3.05) is 49.1 Å². The molecule has 0 unspecified atom stereocenters. The molecule has 0 aliphatic carbocycles. The molecule has 1 aromatic heterocycles. The predicted octanol–water partition coefficient (Wildman–Crippen LogP) is 2.41. The number of ether oxygens (including phenoxy) is 1. The highest BCUT2D eigenvalue weighted by molar-refractivity contribution is 6.30. The Morgan fingerprint density at radius 1 is 1.15 bits per heavy atom. The van der Waals surface area contributed by atoms with E-state index >= 15 is 0 Å². The zero-order valence-corrected chi connectivity index (χ0v) is 15.6. The molecule has 0 bridgehead atoms. The first kappa shape index (κ1) is 16.8. The van der Waals surface area contributed by atoms with Crippen LogP contribution in [0.4, 0.5) is 16.4 Å². The van der Waals surface area contributed by atoms with Crippen LogP contribution in [0.15, 0.2) is 36.7 Å². The van der Waals surface area contributed by atoms with Crippen molar-refractivity contribution >= 4 is 29.3 Å². The summed E-state index contributed by atoms with van der Waals surface area (Å²) in [5.41, 5.74) is 2.04. The Balaban J connectivity index is 1.25. The van der Waals surface area contributed by atoms with Gasteiger partial charge < -0.3 is 14.5 Å². The lowest BCUT2D eigenvalue weighted by atomic mass is 9.73. The molecule has 2 saturated heterocycles. The predicted molar refractivity (Wildman–Crippen MR) is 102 cm³/mol. The minimum atomic E-state index is 0.0455. The van der Waals surface area contributed by atoms with Crippen LogP contribution in [-0.2, 0) is 11.3 Å². The third-order valence-electron chi connectivity index (χ3n) is 5.49. The van der Waals surface area contributed by atoms with Gasteiger partial charge in [-0.3, -0.25) is 4.90 Å². The number of carbonyl (C=O) groups excluding carboxylic acids is 1. The van der Waals surface area contributed by atoms with E-state index < -0.39 is 0 Å². The minimum absolute atomic E-state index is 0.0455. The summed E-state index contributed by atoms with van der Waals surface area (Å²) in [5, 5.41) is 0.659. The van der Waals surface area contributed by atoms with E-state index in [1.807, 2.05) is 34.1 Å². The molecule has 0 atom stereocenters. The summed E-state index contributed by atoms with van der Waals surface area (Å²) >= 11 is 6.10. The number of amides is 2. The van der Waals surface area contributed by atoms with Crippen molar-refractivity contribution < 1.29 is 9.53 Å². The maximum atomic E-state index is 13.1. The number of benzene rings is 1. The molecule has 4 heterocycles. The van der Waals surface area contributed by atoms with E-state index in [-0.39, 0.29) is 11.4 Å². The van der Waals surface area contributed by atoms with Crippen LogP contribution in [0.3, 0.4) is 0 Å². The molecule has 0 saturated carbocycles. The van der Waals surface area contributed by atoms with Crippen LogP contribution in [0.5, 0.6) is 0 Å². The number of hydrogen-bond donors (Lipinski definition) is 0. The van der Waals surface area contributed by atoms with Gasteiger partial charge in [-0.15, -0.1) is 0 Å². The number of aromatic nitrogens is 2. The third-order valence-corrected chi connectivity index (χ3v) is 5.73. The molecule has 2 amide bonds. The molecule has 140 valence electrons. The molecule has 27 heavy (non-hydrogen) atoms. The van der Waals surface area contributed by atoms with Gasteiger partial charge in [0.1, 0.15) is 0 Å². The zero-order chi connectivity index (χ0) is 18.4. The van der Waals surface area contributed by atoms with Crippen molar-refractivity contribution in [2.24, 2.45) is 5.41 Å². The summed E-state index contributed by atoms with van der Waals surface area (Å²) in [6, 6.07) is 7.48. The number of fused-ring (bicyclic) bond motifs is 1. The van der Waals surface area contributed by atoms with Crippen LogP contribution in [0.1, 0.15) is 5.56 Å². The molecular formula is C19H20ClN5O2. The molecule has 3 aliphatic rings. The first-order valence-corrected chi connectivity index (χ1v) is 9.46. The summed E-state index contributed by atoms with van der Waals surface area (Å²) in [4.78, 5) is 27.6. The number of rotatable bonds is 1. The second-order valence-electron chi connectivity index (χ2n) is 7.52. The second-order valence-corrected chi connectivity index (χ2v) is 7.96. The molecule has 0 radical (unpaired) electrons. The molecule has 2 aromatic rings. The smallest absolute Gasteiger partial charge is 0.324 e. The molecule has 1 spiro atoms. The number of nitrogens with zero attached hydrogens (tertiary/aromatic N) is 5. The first-order valence-electron chi connectivity index (χ1n) is 9.08. The summed E-state index contributed by atoms with van der Waals surface area (Å²) < 4.78 is 5.63. The monoisotopic (exact) mass is 385 g/mol. The summed E-state index contributed by atoms with van der Waals surface area (Å²) in [6.07, 6.45) is 3.52. The van der Waals surface area contributed by atoms with Gasteiger partial charge >= 0.3 is 6.03 Å². The van der Waals surface area contributed by atoms with E-state index in [2.05, 4.69) is 14.9 Å². The van der Waals surface area contributed by atoms with E-state index in [9.17, 15) is 4.79 Å². The Bertz CT molecular complexity index is 864. The van der Waals surface area contributed by atoms with Gasteiger partial charge in [0.15, 0.2) is 0 Å². The Morgan fingerprint density at radius 2 is 1.93 bits per heavy atom. The average molecular weight is 386 g/mol. The highest BCUT2D eigenvalue weighted by Crippen LogP contribution is 2.41. The third kappa shape index (κ3) is 2.91. The molecule has 1 aromatic carbocycles. The fourth-order valence-electron chi connectivity index (χ4n) is 4.22. The minimum Gasteiger partial charge on any atom is -0.375 e. The van der Waals surface area contributed by atoms with Gasteiger partial charge in [-0.25, -0.2) is 14.8 Å². The lowest BCUT2D eigenvalue weighted by Gasteiger charge is -2.60. The molecule has 7 nitrogen and oxygen atoms in total. The largest absolute Gasteiger partial charge is 0.375 e. The van der Waals surface area contributed by atoms with Crippen molar-refractivity contribution in [2.45, 2.75) is 6.61 Å². The standard InChI is InChI=1S/C19H20ClN5O2/c20-15-2-3-16-14(8-15)9-27-7-6-25(16)18(26)24-12-19(13-24)10-23(11-19)17-21-4-1-5-22-17/h1-5,8H,6-7,9-13H2. The maximum Gasteiger partial charge on any atom is 0.324 e. The van der Waals surface area contributed by atoms with Crippen LogP contribution in [-0.4, -0.2) is 60.2 Å². The summed E-state index contributed by atoms with van der Waals surface area (Å²) in [7, 11) is 0. The van der Waals surface area contributed by atoms with E-state index in [1.165, 1.54) is 0 Å². The van der Waals surface area contributed by atoms with Crippen LogP contribution < -0.4 is 9.80 Å². The topological polar surface area (TPSA) is 61.8 Å². The normalized spacial score (nSPS) is 20.6. The summed E-state index contributed by atoms with van der Waals surface area (Å²) in [6.45, 7) is 4.91. The molecule has 8 heteroatoms. The number of carbonyl (C=O) groups is 1. The Morgan fingerprint density at radius 3 is 2.70 bits per heavy atom. The number of likely N-dealkylation sites (tertiary alicyclic amines) is 1. The number of hydrogen-bond acceptors (Lipinski definition) is 5. The van der Waals surface area contributed by atoms with Crippen LogP contribution in [0.2, 0.25) is 5.02 Å². The van der Waals surface area contributed by atoms with Crippen LogP contribution in [0, 0.1) is 5.41 Å². The van der Waals surface area contributed by atoms with Crippen LogP contribution >= 0.6 is 11.6 Å². The van der Waals surface area contributed by atoms with Gasteiger partial charge in [-0.2, -0.15) is 0 Å². The van der Waals surface area contributed by atoms with Crippen molar-refractivity contribution in [1.82, 2.24) is 14.9 Å². The van der Waals surface area contributed by atoms with E-state index in [0.29, 0.717) is 24.8 Å². The van der Waals surface area contributed by atoms with Crippen LogP contribution in [0.25, 0.3) is 0 Å². The van der Waals surface area contributed by atoms with Crippen molar-refractivity contribution in [3.63, 3.8) is 0 Å². The second kappa shape index (κ2) is 6.35. The molecular weight excluding hydrogens is 366 g/mol. The zero-order valence-electron chi connectivity index (χ0n) is 14.8. The Hall–Kier alpha value is -2.38. The van der Waals surface area contributed by atoms with Gasteiger partial charge in [-0.05, 0) is 24.3 Å². The lowest BCUT2D eigenvalue weighted by Crippen LogP contribution is -2.74.